The number of halogens is 3. The molecule has 46 heavy (non-hydrogen) atoms. The van der Waals surface area contributed by atoms with Crippen molar-refractivity contribution in [1.82, 2.24) is 24.3 Å². The second-order valence-electron chi connectivity index (χ2n) is 12.5. The number of carbonyl (C=O) groups is 2. The molecule has 7 rings (SSSR count). The molecule has 0 unspecified atom stereocenters. The first-order valence-corrected chi connectivity index (χ1v) is 15.1. The highest BCUT2D eigenvalue weighted by Crippen LogP contribution is 2.44. The highest BCUT2D eigenvalue weighted by Gasteiger charge is 2.42. The molecule has 0 radical (unpaired) electrons. The molecule has 5 heterocycles. The van der Waals surface area contributed by atoms with Gasteiger partial charge in [0.25, 0.3) is 5.91 Å². The van der Waals surface area contributed by atoms with E-state index in [1.807, 2.05) is 17.5 Å². The fourth-order valence-electron chi connectivity index (χ4n) is 6.78. The van der Waals surface area contributed by atoms with E-state index in [-0.39, 0.29) is 29.6 Å². The molecular weight excluding hydrogens is 603 g/mol. The number of ether oxygens (including phenoxy) is 1. The second-order valence-corrected chi connectivity index (χ2v) is 12.5. The molecule has 11 nitrogen and oxygen atoms in total. The van der Waals surface area contributed by atoms with Crippen LogP contribution in [0, 0.1) is 5.41 Å². The highest BCUT2D eigenvalue weighted by molar-refractivity contribution is 6.07. The number of benzene rings is 1. The van der Waals surface area contributed by atoms with Crippen LogP contribution in [0.15, 0.2) is 48.9 Å². The average molecular weight is 636 g/mol. The van der Waals surface area contributed by atoms with Gasteiger partial charge in [-0.05, 0) is 69.9 Å². The summed E-state index contributed by atoms with van der Waals surface area (Å²) in [6.07, 6.45) is 2.46. The number of carboxylic acid groups (broad SMARTS) is 1. The first-order chi connectivity index (χ1) is 21.9. The molecule has 3 aromatic heterocycles. The number of hydrogen-bond donors (Lipinski definition) is 3. The maximum atomic E-state index is 13.1. The number of rotatable bonds is 5. The number of carbonyl (C=O) groups excluding carboxylic acids is 1. The van der Waals surface area contributed by atoms with Crippen LogP contribution < -0.4 is 10.6 Å². The third kappa shape index (κ3) is 5.24. The summed E-state index contributed by atoms with van der Waals surface area (Å²) in [6.45, 7) is 5.07. The molecular formula is C32H32F3N7O4. The van der Waals surface area contributed by atoms with Gasteiger partial charge in [-0.15, -0.1) is 0 Å². The predicted octanol–water partition coefficient (Wildman–Crippen LogP) is 5.91. The van der Waals surface area contributed by atoms with E-state index >= 15 is 0 Å². The smallest absolute Gasteiger partial charge is 0.416 e. The van der Waals surface area contributed by atoms with Crippen molar-refractivity contribution in [2.45, 2.75) is 63.9 Å². The zero-order valence-corrected chi connectivity index (χ0v) is 25.1. The van der Waals surface area contributed by atoms with Gasteiger partial charge in [-0.3, -0.25) is 18.9 Å². The number of hydrogen-bond acceptors (Lipinski definition) is 8. The van der Waals surface area contributed by atoms with Crippen molar-refractivity contribution in [3.63, 3.8) is 0 Å². The summed E-state index contributed by atoms with van der Waals surface area (Å²) in [5.74, 6) is -0.307. The number of morpholine rings is 1. The van der Waals surface area contributed by atoms with Crippen LogP contribution >= 0.6 is 0 Å². The minimum Gasteiger partial charge on any atom is -0.481 e. The van der Waals surface area contributed by atoms with Crippen LogP contribution in [0.1, 0.15) is 67.4 Å². The Kier molecular flexibility index (Phi) is 7.24. The molecule has 1 saturated heterocycles. The Hall–Kier alpha value is -4.56. The fourth-order valence-corrected chi connectivity index (χ4v) is 6.78. The van der Waals surface area contributed by atoms with Gasteiger partial charge in [0.05, 0.1) is 23.3 Å². The number of nitrogens with one attached hydrogen (secondary N) is 2. The van der Waals surface area contributed by atoms with Gasteiger partial charge in [0, 0.05) is 48.3 Å². The Bertz CT molecular complexity index is 1850. The van der Waals surface area contributed by atoms with E-state index in [0.29, 0.717) is 49.0 Å². The number of imidazole rings is 1. The maximum absolute atomic E-state index is 13.1. The summed E-state index contributed by atoms with van der Waals surface area (Å²) in [5, 5.41) is 15.4. The molecule has 3 N–H and O–H groups in total. The van der Waals surface area contributed by atoms with Crippen LogP contribution in [-0.4, -0.2) is 66.5 Å². The molecule has 2 fully saturated rings. The number of alkyl halides is 3. The van der Waals surface area contributed by atoms with Gasteiger partial charge in [-0.25, -0.2) is 15.0 Å². The normalized spacial score (nSPS) is 24.7. The van der Waals surface area contributed by atoms with E-state index in [1.165, 1.54) is 0 Å². The molecule has 1 aromatic carbocycles. The summed E-state index contributed by atoms with van der Waals surface area (Å²) in [7, 11) is 0. The van der Waals surface area contributed by atoms with Gasteiger partial charge in [0.15, 0.2) is 5.82 Å². The van der Waals surface area contributed by atoms with Crippen molar-refractivity contribution >= 4 is 34.7 Å². The van der Waals surface area contributed by atoms with Crippen molar-refractivity contribution < 1.29 is 32.6 Å². The fraction of sp³-hybridized carbons (Fsp3) is 0.406. The van der Waals surface area contributed by atoms with E-state index in [0.717, 1.165) is 42.3 Å². The molecule has 4 aromatic rings. The van der Waals surface area contributed by atoms with E-state index in [1.54, 1.807) is 24.4 Å². The molecule has 2 atom stereocenters. The van der Waals surface area contributed by atoms with Gasteiger partial charge in [0.2, 0.25) is 0 Å². The van der Waals surface area contributed by atoms with Crippen LogP contribution in [0.3, 0.4) is 0 Å². The van der Waals surface area contributed by atoms with Crippen molar-refractivity contribution in [2.75, 3.05) is 23.8 Å². The number of amides is 1. The summed E-state index contributed by atoms with van der Waals surface area (Å²) in [6, 6.07) is 6.99. The standard InChI is InChI=1S/C32H32F3N7O4/c1-17-16-46-23(15-42(17)20-5-8-31(2,9-6-20)30(44)45)28-40-25-21-4-3-18(13-22(21)38-27-26(25)41(28)12-11-37-27)29(43)39-24-14-19(7-10-36-24)32(33,34)35/h3-4,7,10-14,17,20,23H,5-6,8-9,15-16H2,1-2H3,(H,37,38)(H,44,45)(H,36,39,43)/t17-,20-,23+,31-/m0/s1. The number of carboxylic acids is 1. The molecule has 0 bridgehead atoms. The van der Waals surface area contributed by atoms with Crippen LogP contribution in [0.25, 0.3) is 16.8 Å². The van der Waals surface area contributed by atoms with Crippen molar-refractivity contribution in [2.24, 2.45) is 5.41 Å². The maximum Gasteiger partial charge on any atom is 0.416 e. The van der Waals surface area contributed by atoms with E-state index in [4.69, 9.17) is 9.72 Å². The Morgan fingerprint density at radius 3 is 2.65 bits per heavy atom. The van der Waals surface area contributed by atoms with Gasteiger partial charge in [-0.1, -0.05) is 0 Å². The Morgan fingerprint density at radius 2 is 1.91 bits per heavy atom. The first-order valence-electron chi connectivity index (χ1n) is 15.1. The topological polar surface area (TPSA) is 134 Å². The Balaban J connectivity index is 1.15. The van der Waals surface area contributed by atoms with Gasteiger partial charge in [-0.2, -0.15) is 13.2 Å². The average Bonchev–Trinajstić information content (AvgIpc) is 3.42. The number of aromatic nitrogens is 4. The minimum absolute atomic E-state index is 0.173. The summed E-state index contributed by atoms with van der Waals surface area (Å²) in [4.78, 5) is 40.6. The van der Waals surface area contributed by atoms with E-state index in [2.05, 4.69) is 32.4 Å². The zero-order valence-electron chi connectivity index (χ0n) is 25.1. The van der Waals surface area contributed by atoms with Gasteiger partial charge in [0.1, 0.15) is 29.0 Å². The first kappa shape index (κ1) is 30.1. The summed E-state index contributed by atoms with van der Waals surface area (Å²) >= 11 is 0. The lowest BCUT2D eigenvalue weighted by molar-refractivity contribution is -0.151. The zero-order chi connectivity index (χ0) is 32.4. The summed E-state index contributed by atoms with van der Waals surface area (Å²) in [5.41, 5.74) is 1.36. The molecule has 1 amide bonds. The van der Waals surface area contributed by atoms with Gasteiger partial charge < -0.3 is 20.5 Å². The number of nitrogens with zero attached hydrogens (tertiary/aromatic N) is 5. The SMILES string of the molecule is C[C@H]1CO[C@@H](c2nc3c4c(nccn24)Nc2cc(C(=O)Nc4cc(C(F)(F)F)ccn4)ccc2-3)CN1[C@H]1CC[C@](C)(C(=O)O)CC1. The third-order valence-electron chi connectivity index (χ3n) is 9.51. The number of aliphatic carboxylic acids is 1. The lowest BCUT2D eigenvalue weighted by Crippen LogP contribution is -2.52. The van der Waals surface area contributed by atoms with Crippen LogP contribution in [0.5, 0.6) is 0 Å². The van der Waals surface area contributed by atoms with Crippen molar-refractivity contribution in [3.05, 3.63) is 65.9 Å². The van der Waals surface area contributed by atoms with Crippen LogP contribution in [0.4, 0.5) is 30.5 Å². The van der Waals surface area contributed by atoms with Crippen molar-refractivity contribution in [1.29, 1.82) is 0 Å². The van der Waals surface area contributed by atoms with E-state index in [9.17, 15) is 27.9 Å². The molecule has 1 saturated carbocycles. The Labute approximate surface area is 261 Å². The number of anilines is 3. The van der Waals surface area contributed by atoms with Crippen molar-refractivity contribution in [3.8, 4) is 11.3 Å². The summed E-state index contributed by atoms with van der Waals surface area (Å²) < 4.78 is 47.7. The Morgan fingerprint density at radius 1 is 1.13 bits per heavy atom. The predicted molar refractivity (Wildman–Crippen MR) is 162 cm³/mol. The number of fused-ring (bicyclic) bond motifs is 2. The van der Waals surface area contributed by atoms with Gasteiger partial charge >= 0.3 is 12.1 Å². The molecule has 14 heteroatoms. The molecule has 240 valence electrons. The monoisotopic (exact) mass is 635 g/mol. The van der Waals surface area contributed by atoms with E-state index < -0.39 is 29.0 Å². The molecule has 3 aliphatic rings. The number of pyridine rings is 1. The largest absolute Gasteiger partial charge is 0.481 e. The quantitative estimate of drug-likeness (QED) is 0.215. The molecule has 0 spiro atoms. The molecule has 1 aliphatic carbocycles. The van der Waals surface area contributed by atoms with Crippen LogP contribution in [-0.2, 0) is 15.7 Å². The lowest BCUT2D eigenvalue weighted by Gasteiger charge is -2.46. The minimum atomic E-state index is -4.56. The van der Waals surface area contributed by atoms with Crippen LogP contribution in [0.2, 0.25) is 0 Å². The third-order valence-corrected chi connectivity index (χ3v) is 9.51. The second kappa shape index (κ2) is 11.1. The highest BCUT2D eigenvalue weighted by atomic mass is 19.4. The molecule has 2 aliphatic heterocycles. The lowest BCUT2D eigenvalue weighted by atomic mass is 9.73.